The summed E-state index contributed by atoms with van der Waals surface area (Å²) < 4.78 is 5.82. The van der Waals surface area contributed by atoms with Gasteiger partial charge in [-0.05, 0) is 44.8 Å². The maximum atomic E-state index is 12.9. The lowest BCUT2D eigenvalue weighted by Gasteiger charge is -2.34. The maximum absolute atomic E-state index is 12.9. The highest BCUT2D eigenvalue weighted by Gasteiger charge is 2.45. The highest BCUT2D eigenvalue weighted by Crippen LogP contribution is 2.42. The van der Waals surface area contributed by atoms with Gasteiger partial charge in [-0.2, -0.15) is 0 Å². The molecule has 4 heteroatoms. The number of carbonyl (C=O) groups is 1. The van der Waals surface area contributed by atoms with Crippen molar-refractivity contribution >= 4 is 5.97 Å². The van der Waals surface area contributed by atoms with E-state index in [-0.39, 0.29) is 12.1 Å². The first-order valence-corrected chi connectivity index (χ1v) is 8.75. The third kappa shape index (κ3) is 3.75. The normalized spacial score (nSPS) is 25.9. The SMILES string of the molecule is CN1CCC[C@H](OC(=O)[C@@H](c2ccccc2)C2(O)CCCC2)C1. The Morgan fingerprint density at radius 2 is 1.96 bits per heavy atom. The van der Waals surface area contributed by atoms with Gasteiger partial charge in [-0.1, -0.05) is 43.2 Å². The Hall–Kier alpha value is -1.39. The molecule has 0 spiro atoms. The lowest BCUT2D eigenvalue weighted by Crippen LogP contribution is -2.43. The van der Waals surface area contributed by atoms with Crippen LogP contribution in [0.5, 0.6) is 0 Å². The zero-order valence-electron chi connectivity index (χ0n) is 13.9. The standard InChI is InChI=1S/C19H27NO3/c1-20-13-7-10-16(14-20)23-18(21)17(15-8-3-2-4-9-15)19(22)11-5-6-12-19/h2-4,8-9,16-17,22H,5-7,10-14H2,1H3/t16-,17+/m0/s1. The van der Waals surface area contributed by atoms with E-state index in [1.165, 1.54) is 0 Å². The Balaban J connectivity index is 1.79. The van der Waals surface area contributed by atoms with Crippen LogP contribution in [0, 0.1) is 0 Å². The van der Waals surface area contributed by atoms with Crippen LogP contribution in [0.2, 0.25) is 0 Å². The van der Waals surface area contributed by atoms with E-state index in [0.29, 0.717) is 12.8 Å². The zero-order valence-corrected chi connectivity index (χ0v) is 13.9. The van der Waals surface area contributed by atoms with Gasteiger partial charge in [0, 0.05) is 6.54 Å². The van der Waals surface area contributed by atoms with Crippen molar-refractivity contribution in [2.24, 2.45) is 0 Å². The molecule has 4 nitrogen and oxygen atoms in total. The van der Waals surface area contributed by atoms with E-state index >= 15 is 0 Å². The number of esters is 1. The van der Waals surface area contributed by atoms with E-state index in [9.17, 15) is 9.90 Å². The number of hydrogen-bond acceptors (Lipinski definition) is 4. The Kier molecular flexibility index (Phi) is 5.02. The van der Waals surface area contributed by atoms with E-state index in [0.717, 1.165) is 44.3 Å². The molecule has 0 aromatic heterocycles. The molecule has 0 bridgehead atoms. The van der Waals surface area contributed by atoms with Gasteiger partial charge in [0.1, 0.15) is 12.0 Å². The molecular formula is C19H27NO3. The van der Waals surface area contributed by atoms with Gasteiger partial charge in [-0.3, -0.25) is 4.79 Å². The van der Waals surface area contributed by atoms with Gasteiger partial charge < -0.3 is 14.7 Å². The van der Waals surface area contributed by atoms with Gasteiger partial charge in [-0.25, -0.2) is 0 Å². The molecule has 1 saturated carbocycles. The minimum Gasteiger partial charge on any atom is -0.460 e. The summed E-state index contributed by atoms with van der Waals surface area (Å²) in [6.45, 7) is 1.84. The molecule has 1 aliphatic heterocycles. The fourth-order valence-electron chi connectivity index (χ4n) is 4.03. The van der Waals surface area contributed by atoms with Gasteiger partial charge in [0.05, 0.1) is 5.60 Å². The van der Waals surface area contributed by atoms with E-state index in [1.807, 2.05) is 30.3 Å². The van der Waals surface area contributed by atoms with Crippen molar-refractivity contribution in [3.05, 3.63) is 35.9 Å². The third-order valence-corrected chi connectivity index (χ3v) is 5.24. The van der Waals surface area contributed by atoms with Crippen LogP contribution in [0.4, 0.5) is 0 Å². The average Bonchev–Trinajstić information content (AvgIpc) is 2.95. The van der Waals surface area contributed by atoms with Crippen molar-refractivity contribution in [3.8, 4) is 0 Å². The molecule has 0 radical (unpaired) electrons. The van der Waals surface area contributed by atoms with E-state index in [4.69, 9.17) is 4.74 Å². The Labute approximate surface area is 138 Å². The second kappa shape index (κ2) is 7.02. The molecule has 1 aromatic rings. The van der Waals surface area contributed by atoms with Gasteiger partial charge in [0.2, 0.25) is 0 Å². The fraction of sp³-hybridized carbons (Fsp3) is 0.632. The summed E-state index contributed by atoms with van der Waals surface area (Å²) in [4.78, 5) is 15.1. The summed E-state index contributed by atoms with van der Waals surface area (Å²) >= 11 is 0. The quantitative estimate of drug-likeness (QED) is 0.868. The number of likely N-dealkylation sites (tertiary alicyclic amines) is 1. The topological polar surface area (TPSA) is 49.8 Å². The van der Waals surface area contributed by atoms with E-state index < -0.39 is 11.5 Å². The third-order valence-electron chi connectivity index (χ3n) is 5.24. The summed E-state index contributed by atoms with van der Waals surface area (Å²) in [6, 6.07) is 9.62. The summed E-state index contributed by atoms with van der Waals surface area (Å²) in [5, 5.41) is 11.0. The molecule has 1 aliphatic carbocycles. The first-order chi connectivity index (χ1) is 11.1. The average molecular weight is 317 g/mol. The van der Waals surface area contributed by atoms with Crippen LogP contribution in [-0.2, 0) is 9.53 Å². The summed E-state index contributed by atoms with van der Waals surface area (Å²) in [5.74, 6) is -0.834. The van der Waals surface area contributed by atoms with Crippen LogP contribution < -0.4 is 0 Å². The summed E-state index contributed by atoms with van der Waals surface area (Å²) in [5.41, 5.74) is -0.0926. The van der Waals surface area contributed by atoms with Crippen molar-refractivity contribution in [2.45, 2.75) is 56.1 Å². The minimum atomic E-state index is -0.959. The van der Waals surface area contributed by atoms with Gasteiger partial charge in [0.25, 0.3) is 0 Å². The van der Waals surface area contributed by atoms with Crippen LogP contribution in [0.1, 0.15) is 50.0 Å². The van der Waals surface area contributed by atoms with Crippen molar-refractivity contribution in [2.75, 3.05) is 20.1 Å². The first kappa shape index (κ1) is 16.5. The van der Waals surface area contributed by atoms with Gasteiger partial charge >= 0.3 is 5.97 Å². The number of rotatable bonds is 4. The second-order valence-electron chi connectivity index (χ2n) is 7.12. The summed E-state index contributed by atoms with van der Waals surface area (Å²) in [7, 11) is 2.05. The zero-order chi connectivity index (χ0) is 16.3. The molecule has 1 aromatic carbocycles. The predicted octanol–water partition coefficient (Wildman–Crippen LogP) is 2.71. The molecule has 3 rings (SSSR count). The van der Waals surface area contributed by atoms with E-state index in [1.54, 1.807) is 0 Å². The van der Waals surface area contributed by atoms with Crippen molar-refractivity contribution in [1.82, 2.24) is 4.90 Å². The molecule has 2 aliphatic rings. The van der Waals surface area contributed by atoms with Crippen LogP contribution in [-0.4, -0.2) is 47.8 Å². The van der Waals surface area contributed by atoms with Crippen LogP contribution >= 0.6 is 0 Å². The molecule has 0 unspecified atom stereocenters. The largest absolute Gasteiger partial charge is 0.460 e. The number of aliphatic hydroxyl groups is 1. The Bertz CT molecular complexity index is 525. The lowest BCUT2D eigenvalue weighted by molar-refractivity contribution is -0.160. The number of likely N-dealkylation sites (N-methyl/N-ethyl adjacent to an activating group) is 1. The van der Waals surface area contributed by atoms with Crippen LogP contribution in [0.3, 0.4) is 0 Å². The van der Waals surface area contributed by atoms with Gasteiger partial charge in [0.15, 0.2) is 0 Å². The lowest BCUT2D eigenvalue weighted by atomic mass is 9.80. The molecule has 1 saturated heterocycles. The molecule has 2 atom stereocenters. The first-order valence-electron chi connectivity index (χ1n) is 8.75. The van der Waals surface area contributed by atoms with Crippen molar-refractivity contribution in [3.63, 3.8) is 0 Å². The smallest absolute Gasteiger partial charge is 0.316 e. The summed E-state index contributed by atoms with van der Waals surface area (Å²) in [6.07, 6.45) is 5.19. The molecule has 126 valence electrons. The van der Waals surface area contributed by atoms with Crippen molar-refractivity contribution in [1.29, 1.82) is 0 Å². The number of piperidine rings is 1. The molecular weight excluding hydrogens is 290 g/mol. The highest BCUT2D eigenvalue weighted by atomic mass is 16.5. The highest BCUT2D eigenvalue weighted by molar-refractivity contribution is 5.80. The molecule has 1 heterocycles. The number of ether oxygens (including phenoxy) is 1. The maximum Gasteiger partial charge on any atom is 0.316 e. The molecule has 1 N–H and O–H groups in total. The van der Waals surface area contributed by atoms with Crippen LogP contribution in [0.25, 0.3) is 0 Å². The van der Waals surface area contributed by atoms with Crippen molar-refractivity contribution < 1.29 is 14.6 Å². The Morgan fingerprint density at radius 3 is 2.61 bits per heavy atom. The van der Waals surface area contributed by atoms with Crippen LogP contribution in [0.15, 0.2) is 30.3 Å². The molecule has 23 heavy (non-hydrogen) atoms. The second-order valence-corrected chi connectivity index (χ2v) is 7.12. The molecule has 0 amide bonds. The molecule has 2 fully saturated rings. The fourth-order valence-corrected chi connectivity index (χ4v) is 4.03. The monoisotopic (exact) mass is 317 g/mol. The number of benzene rings is 1. The predicted molar refractivity (Wildman–Crippen MR) is 89.2 cm³/mol. The van der Waals surface area contributed by atoms with Gasteiger partial charge in [-0.15, -0.1) is 0 Å². The minimum absolute atomic E-state index is 0.0579. The number of carbonyl (C=O) groups excluding carboxylic acids is 1. The van der Waals surface area contributed by atoms with E-state index in [2.05, 4.69) is 11.9 Å². The Morgan fingerprint density at radius 1 is 1.26 bits per heavy atom. The number of hydrogen-bond donors (Lipinski definition) is 1. The number of nitrogens with zero attached hydrogens (tertiary/aromatic N) is 1.